The van der Waals surface area contributed by atoms with Crippen LogP contribution in [0.2, 0.25) is 0 Å². The number of esters is 2. The Hall–Kier alpha value is -5.08. The van der Waals surface area contributed by atoms with E-state index in [2.05, 4.69) is 14.8 Å². The summed E-state index contributed by atoms with van der Waals surface area (Å²) in [6, 6.07) is 0. The van der Waals surface area contributed by atoms with E-state index in [0.29, 0.717) is 12.1 Å². The number of carboxylic acid groups (broad SMARTS) is 1. The minimum absolute atomic E-state index is 0. The minimum atomic E-state index is -2.15. The highest BCUT2D eigenvalue weighted by Gasteiger charge is 2.61. The van der Waals surface area contributed by atoms with Crippen LogP contribution in [0, 0.1) is 0 Å². The lowest BCUT2D eigenvalue weighted by Crippen LogP contribution is -2.57. The van der Waals surface area contributed by atoms with Crippen molar-refractivity contribution in [2.24, 2.45) is 0 Å². The van der Waals surface area contributed by atoms with Crippen molar-refractivity contribution in [3.8, 4) is 0 Å². The lowest BCUT2D eigenvalue weighted by atomic mass is 9.88. The van der Waals surface area contributed by atoms with Gasteiger partial charge in [0.1, 0.15) is 22.9 Å². The summed E-state index contributed by atoms with van der Waals surface area (Å²) < 4.78 is 19.5. The zero-order valence-electron chi connectivity index (χ0n) is 32.5. The van der Waals surface area contributed by atoms with Gasteiger partial charge in [0.25, 0.3) is 0 Å². The summed E-state index contributed by atoms with van der Waals surface area (Å²) in [6.07, 6.45) is -1.56. The fourth-order valence-corrected chi connectivity index (χ4v) is 4.40. The molecule has 0 radical (unpaired) electrons. The molecule has 2 fully saturated rings. The number of amides is 2. The molecule has 0 spiro atoms. The first-order valence-electron chi connectivity index (χ1n) is 15.6. The first kappa shape index (κ1) is 57.6. The Labute approximate surface area is 327 Å². The zero-order chi connectivity index (χ0) is 44.2. The van der Waals surface area contributed by atoms with Gasteiger partial charge in [-0.05, 0) is 61.0 Å². The number of nitrogens with one attached hydrogen (secondary N) is 1. The molecule has 56 heavy (non-hydrogen) atoms. The number of aliphatic hydroxyl groups is 4. The van der Waals surface area contributed by atoms with Gasteiger partial charge in [0, 0.05) is 19.6 Å². The van der Waals surface area contributed by atoms with Crippen LogP contribution >= 0.6 is 12.4 Å². The fraction of sp³-hybridized carbons (Fsp3) is 0.688. The van der Waals surface area contributed by atoms with Gasteiger partial charge < -0.3 is 54.7 Å². The van der Waals surface area contributed by atoms with Crippen molar-refractivity contribution in [2.75, 3.05) is 53.5 Å². The Morgan fingerprint density at radius 1 is 0.768 bits per heavy atom. The number of β-amino-alcohol motifs (C(OH)–C–C–N with tert-alkyl or cyclic N) is 4. The highest BCUT2D eigenvalue weighted by atomic mass is 35.5. The second-order valence-electron chi connectivity index (χ2n) is 13.7. The summed E-state index contributed by atoms with van der Waals surface area (Å²) in [7, 11) is 2.44. The number of ether oxygens (including phenoxy) is 4. The Balaban J connectivity index is -0.000000333. The lowest BCUT2D eigenvalue weighted by molar-refractivity contribution is -0.193. The predicted molar refractivity (Wildman–Crippen MR) is 182 cm³/mol. The van der Waals surface area contributed by atoms with E-state index in [1.807, 2.05) is 27.7 Å². The van der Waals surface area contributed by atoms with Crippen LogP contribution in [0.15, 0.2) is 11.1 Å². The van der Waals surface area contributed by atoms with Crippen LogP contribution in [-0.4, -0.2) is 171 Å². The molecule has 0 aromatic carbocycles. The number of halogens is 1. The van der Waals surface area contributed by atoms with Gasteiger partial charge in [0.05, 0.1) is 39.4 Å². The molecular weight excluding hydrogens is 782 g/mol. The molecule has 24 heteroatoms. The minimum Gasteiger partial charge on any atom is -0.479 e. The number of aliphatic carboxylic acids is 1. The van der Waals surface area contributed by atoms with Gasteiger partial charge in [-0.1, -0.05) is 0 Å². The molecule has 320 valence electrons. The molecule has 0 aromatic heterocycles. The number of likely N-dealkylation sites (tertiary alicyclic amines) is 1. The predicted octanol–water partition coefficient (Wildman–Crippen LogP) is -1.94. The lowest BCUT2D eigenvalue weighted by Gasteiger charge is -2.30. The van der Waals surface area contributed by atoms with Gasteiger partial charge in [0.2, 0.25) is 11.2 Å². The van der Waals surface area contributed by atoms with Gasteiger partial charge in [-0.25, -0.2) is 24.0 Å². The number of rotatable bonds is 3. The first-order valence-corrected chi connectivity index (χ1v) is 15.6. The number of carboxylic acids is 1. The SMILES string of the molecule is COC(=O)C1=C(C)CN(C(=O)OC(C)(C)C)C1.COC(=O)[C@]1(O)CN(C(=O)OC(C)(C)C)C[C@@]1(C)O.Cl.O=C(O)[C@]1(O)CNC[C@H]1O.O=C=O.O=C=O.O=C=O. The molecule has 0 aliphatic carbocycles. The molecule has 3 aliphatic heterocycles. The van der Waals surface area contributed by atoms with Gasteiger partial charge in [-0.2, -0.15) is 28.8 Å². The second kappa shape index (κ2) is 25.2. The Kier molecular flexibility index (Phi) is 25.9. The van der Waals surface area contributed by atoms with E-state index in [0.717, 1.165) is 17.6 Å². The van der Waals surface area contributed by atoms with E-state index >= 15 is 0 Å². The molecule has 0 bridgehead atoms. The summed E-state index contributed by atoms with van der Waals surface area (Å²) in [4.78, 5) is 108. The smallest absolute Gasteiger partial charge is 0.410 e. The van der Waals surface area contributed by atoms with Crippen LogP contribution < -0.4 is 5.32 Å². The summed E-state index contributed by atoms with van der Waals surface area (Å²) >= 11 is 0. The first-order chi connectivity index (χ1) is 25.0. The van der Waals surface area contributed by atoms with Crippen molar-refractivity contribution < 1.29 is 97.2 Å². The van der Waals surface area contributed by atoms with Crippen LogP contribution in [0.1, 0.15) is 55.4 Å². The maximum atomic E-state index is 11.9. The van der Waals surface area contributed by atoms with Crippen LogP contribution in [-0.2, 0) is 62.1 Å². The van der Waals surface area contributed by atoms with Crippen molar-refractivity contribution in [2.45, 2.75) is 89.5 Å². The fourth-order valence-electron chi connectivity index (χ4n) is 4.40. The van der Waals surface area contributed by atoms with E-state index in [1.165, 1.54) is 18.9 Å². The van der Waals surface area contributed by atoms with Crippen LogP contribution in [0.5, 0.6) is 0 Å². The van der Waals surface area contributed by atoms with E-state index in [-0.39, 0.29) is 69.6 Å². The van der Waals surface area contributed by atoms with Crippen molar-refractivity contribution >= 4 is 61.0 Å². The van der Waals surface area contributed by atoms with Crippen LogP contribution in [0.4, 0.5) is 9.59 Å². The zero-order valence-corrected chi connectivity index (χ0v) is 33.3. The molecule has 3 heterocycles. The summed E-state index contributed by atoms with van der Waals surface area (Å²) in [6.45, 7) is 13.7. The number of aliphatic hydroxyl groups excluding tert-OH is 1. The molecule has 6 N–H and O–H groups in total. The quantitative estimate of drug-likeness (QED) is 0.133. The Morgan fingerprint density at radius 3 is 1.48 bits per heavy atom. The highest BCUT2D eigenvalue weighted by Crippen LogP contribution is 2.33. The standard InChI is InChI=1S/C12H21NO6.C12H19NO4.C5H9NO4.3CO2.ClH/c1-10(2,3)19-9(15)13-6-11(4,16)12(17,7-13)8(14)18-5;1-8-6-13(7-9(8)10(14)16-5)11(15)17-12(2,3)4;7-3-1-6-2-5(3,10)4(8)9;3*2-1-3;/h16-17H,6-7H2,1-5H3;6-7H2,1-5H3;3,6-7,10H,1-2H2,(H,8,9);;;;1H/t11-,12-;;3-,5+;;;;/m1.1..../s1. The molecule has 23 nitrogen and oxygen atoms in total. The van der Waals surface area contributed by atoms with Gasteiger partial charge >= 0.3 is 48.5 Å². The third-order valence-electron chi connectivity index (χ3n) is 7.01. The molecule has 0 aromatic rings. The monoisotopic (exact) mass is 831 g/mol. The Bertz CT molecular complexity index is 1440. The average Bonchev–Trinajstić information content (AvgIpc) is 3.69. The van der Waals surface area contributed by atoms with E-state index in [1.54, 1.807) is 20.8 Å². The molecule has 4 atom stereocenters. The molecule has 3 rings (SSSR count). The van der Waals surface area contributed by atoms with Crippen molar-refractivity contribution in [3.05, 3.63) is 11.1 Å². The molecule has 3 aliphatic rings. The highest BCUT2D eigenvalue weighted by molar-refractivity contribution is 5.91. The number of nitrogens with zero attached hydrogens (tertiary/aromatic N) is 2. The number of carbonyl (C=O) groups excluding carboxylic acids is 10. The number of methoxy groups -OCH3 is 2. The molecular formula is C32H50ClN3O20. The van der Waals surface area contributed by atoms with E-state index < -0.39 is 58.2 Å². The number of hydrogen-bond acceptors (Lipinski definition) is 20. The molecule has 2 amide bonds. The summed E-state index contributed by atoms with van der Waals surface area (Å²) in [5, 5.41) is 49.4. The maximum absolute atomic E-state index is 11.9. The van der Waals surface area contributed by atoms with Crippen LogP contribution in [0.3, 0.4) is 0 Å². The van der Waals surface area contributed by atoms with Crippen molar-refractivity contribution in [1.29, 1.82) is 0 Å². The second-order valence-corrected chi connectivity index (χ2v) is 13.7. The van der Waals surface area contributed by atoms with E-state index in [9.17, 15) is 34.2 Å². The molecule has 2 saturated heterocycles. The molecule has 0 unspecified atom stereocenters. The van der Waals surface area contributed by atoms with Crippen LogP contribution in [0.25, 0.3) is 0 Å². The summed E-state index contributed by atoms with van der Waals surface area (Å²) in [5.74, 6) is -2.75. The largest absolute Gasteiger partial charge is 0.479 e. The van der Waals surface area contributed by atoms with Gasteiger partial charge in [0.15, 0.2) is 0 Å². The Morgan fingerprint density at radius 2 is 1.18 bits per heavy atom. The van der Waals surface area contributed by atoms with Crippen molar-refractivity contribution in [3.63, 3.8) is 0 Å². The maximum Gasteiger partial charge on any atom is 0.410 e. The van der Waals surface area contributed by atoms with Crippen molar-refractivity contribution in [1.82, 2.24) is 15.1 Å². The molecule has 0 saturated carbocycles. The van der Waals surface area contributed by atoms with Gasteiger partial charge in [-0.15, -0.1) is 12.4 Å². The third kappa shape index (κ3) is 19.0. The van der Waals surface area contributed by atoms with Gasteiger partial charge in [-0.3, -0.25) is 4.90 Å². The van der Waals surface area contributed by atoms with E-state index in [4.69, 9.17) is 53.6 Å². The number of hydrogen-bond donors (Lipinski definition) is 6. The number of carbonyl (C=O) groups is 5. The average molecular weight is 832 g/mol. The third-order valence-corrected chi connectivity index (χ3v) is 7.01. The normalized spacial score (nSPS) is 23.1. The summed E-state index contributed by atoms with van der Waals surface area (Å²) in [5.41, 5.74) is -5.77. The topological polar surface area (TPSA) is 344 Å².